The molecule has 4 N–H and O–H groups in total. The highest BCUT2D eigenvalue weighted by atomic mass is 32.2. The molecule has 18 heteroatoms. The first kappa shape index (κ1) is 38.7. The molecule has 2 unspecified atom stereocenters. The van der Waals surface area contributed by atoms with Gasteiger partial charge in [0.15, 0.2) is 24.6 Å². The summed E-state index contributed by atoms with van der Waals surface area (Å²) in [4.78, 5) is 70.3. The van der Waals surface area contributed by atoms with Crippen molar-refractivity contribution in [2.45, 2.75) is 86.6 Å². The lowest BCUT2D eigenvalue weighted by Gasteiger charge is -2.43. The van der Waals surface area contributed by atoms with Gasteiger partial charge in [0.05, 0.1) is 47.9 Å². The van der Waals surface area contributed by atoms with E-state index in [1.54, 1.807) is 6.26 Å². The van der Waals surface area contributed by atoms with Gasteiger partial charge in [0.2, 0.25) is 17.6 Å². The second kappa shape index (κ2) is 14.7. The van der Waals surface area contributed by atoms with E-state index in [1.807, 2.05) is 6.92 Å². The molecule has 0 bridgehead atoms. The SMILES string of the molecule is COc1cccc2c1C(=O)c1c(O)c3c(c(O)c1C2=O)C[C@@](O)(C(=O)NCCN1C(=O)CC(SC)C1=O)C[C@@H]3O[C@H]1C[C@H]2[C@H](O[C@@H]3[C@@H](OC)OCCN32)C(C)O1. The van der Waals surface area contributed by atoms with E-state index in [4.69, 9.17) is 28.4 Å². The van der Waals surface area contributed by atoms with E-state index in [2.05, 4.69) is 10.2 Å². The number of hydrogen-bond acceptors (Lipinski definition) is 16. The van der Waals surface area contributed by atoms with Crippen LogP contribution in [0.25, 0.3) is 0 Å². The number of benzene rings is 2. The fourth-order valence-electron chi connectivity index (χ4n) is 9.02. The minimum atomic E-state index is -2.31. The number of carbonyl (C=O) groups excluding carboxylic acids is 5. The molecule has 4 fully saturated rings. The quantitative estimate of drug-likeness (QED) is 0.173. The van der Waals surface area contributed by atoms with Crippen LogP contribution < -0.4 is 10.1 Å². The first-order chi connectivity index (χ1) is 26.8. The Bertz CT molecular complexity index is 2010. The third-order valence-electron chi connectivity index (χ3n) is 11.7. The Kier molecular flexibility index (Phi) is 10.1. The topological polar surface area (TPSA) is 220 Å². The number of morpholine rings is 1. The molecule has 6 aliphatic rings. The van der Waals surface area contributed by atoms with Crippen LogP contribution >= 0.6 is 11.8 Å². The zero-order valence-electron chi connectivity index (χ0n) is 31.1. The van der Waals surface area contributed by atoms with Crippen molar-refractivity contribution < 1.29 is 67.7 Å². The molecule has 300 valence electrons. The lowest BCUT2D eigenvalue weighted by atomic mass is 9.72. The maximum Gasteiger partial charge on any atom is 0.252 e. The lowest BCUT2D eigenvalue weighted by Crippen LogP contribution is -2.55. The number of phenolic OH excluding ortho intramolecular Hbond substituents is 2. The van der Waals surface area contributed by atoms with Crippen LogP contribution in [-0.4, -0.2) is 149 Å². The van der Waals surface area contributed by atoms with Gasteiger partial charge in [-0.15, -0.1) is 0 Å². The molecular weight excluding hydrogens is 754 g/mol. The number of ketones is 2. The molecule has 0 spiro atoms. The molecule has 2 aliphatic carbocycles. The van der Waals surface area contributed by atoms with Crippen LogP contribution in [0.1, 0.15) is 75.3 Å². The molecule has 4 aliphatic heterocycles. The molecule has 0 radical (unpaired) electrons. The monoisotopic (exact) mass is 797 g/mol. The number of aliphatic hydroxyl groups is 1. The van der Waals surface area contributed by atoms with Gasteiger partial charge in [0.25, 0.3) is 5.91 Å². The fraction of sp³-hybridized carbons (Fsp3) is 0.553. The van der Waals surface area contributed by atoms with Crippen molar-refractivity contribution >= 4 is 41.0 Å². The molecule has 56 heavy (non-hydrogen) atoms. The Labute approximate surface area is 325 Å². The Balaban J connectivity index is 1.14. The van der Waals surface area contributed by atoms with Crippen molar-refractivity contribution in [3.63, 3.8) is 0 Å². The number of hydrogen-bond donors (Lipinski definition) is 4. The van der Waals surface area contributed by atoms with Crippen molar-refractivity contribution in [1.29, 1.82) is 0 Å². The molecule has 0 saturated carbocycles. The molecular formula is C38H43N3O14S. The molecule has 4 saturated heterocycles. The third-order valence-corrected chi connectivity index (χ3v) is 12.6. The predicted molar refractivity (Wildman–Crippen MR) is 193 cm³/mol. The number of ether oxygens (including phenoxy) is 6. The number of aromatic hydroxyl groups is 2. The largest absolute Gasteiger partial charge is 0.507 e. The average molecular weight is 798 g/mol. The van der Waals surface area contributed by atoms with E-state index < -0.39 is 94.8 Å². The van der Waals surface area contributed by atoms with Gasteiger partial charge in [0, 0.05) is 75.2 Å². The number of likely N-dealkylation sites (tertiary alicyclic amines) is 1. The number of thioether (sulfide) groups is 1. The van der Waals surface area contributed by atoms with E-state index in [9.17, 15) is 39.3 Å². The fourth-order valence-corrected chi connectivity index (χ4v) is 9.66. The minimum Gasteiger partial charge on any atom is -0.507 e. The van der Waals surface area contributed by atoms with Crippen LogP contribution in [0.4, 0.5) is 0 Å². The number of methoxy groups -OCH3 is 2. The van der Waals surface area contributed by atoms with E-state index in [-0.39, 0.29) is 77.9 Å². The Morgan fingerprint density at radius 2 is 1.84 bits per heavy atom. The minimum absolute atomic E-state index is 0.0496. The number of nitrogens with one attached hydrogen (secondary N) is 1. The first-order valence-corrected chi connectivity index (χ1v) is 19.7. The molecule has 4 heterocycles. The van der Waals surface area contributed by atoms with Gasteiger partial charge in [-0.05, 0) is 19.2 Å². The summed E-state index contributed by atoms with van der Waals surface area (Å²) in [5, 5.41) is 38.1. The van der Waals surface area contributed by atoms with E-state index in [1.165, 1.54) is 44.2 Å². The lowest BCUT2D eigenvalue weighted by molar-refractivity contribution is -0.256. The second-order valence-electron chi connectivity index (χ2n) is 14.8. The van der Waals surface area contributed by atoms with Crippen LogP contribution in [0.5, 0.6) is 17.2 Å². The van der Waals surface area contributed by atoms with Gasteiger partial charge in [-0.3, -0.25) is 33.8 Å². The summed E-state index contributed by atoms with van der Waals surface area (Å²) >= 11 is 1.26. The summed E-state index contributed by atoms with van der Waals surface area (Å²) in [6.07, 6.45) is -3.37. The Morgan fingerprint density at radius 3 is 2.55 bits per heavy atom. The number of fused-ring (bicyclic) bond motifs is 6. The van der Waals surface area contributed by atoms with Gasteiger partial charge in [-0.25, -0.2) is 0 Å². The van der Waals surface area contributed by atoms with Crippen LogP contribution in [-0.2, 0) is 44.5 Å². The van der Waals surface area contributed by atoms with Crippen molar-refractivity contribution in [1.82, 2.24) is 15.1 Å². The summed E-state index contributed by atoms with van der Waals surface area (Å²) in [5.41, 5.74) is -3.64. The summed E-state index contributed by atoms with van der Waals surface area (Å²) < 4.78 is 35.8. The Hall–Kier alpha value is -4.14. The van der Waals surface area contributed by atoms with Crippen LogP contribution in [0.3, 0.4) is 0 Å². The molecule has 17 nitrogen and oxygen atoms in total. The molecule has 2 aromatic carbocycles. The maximum absolute atomic E-state index is 14.1. The van der Waals surface area contributed by atoms with Crippen molar-refractivity contribution in [3.05, 3.63) is 51.6 Å². The zero-order valence-corrected chi connectivity index (χ0v) is 32.0. The molecule has 9 atom stereocenters. The van der Waals surface area contributed by atoms with Crippen molar-refractivity contribution in [2.24, 2.45) is 0 Å². The highest BCUT2D eigenvalue weighted by Crippen LogP contribution is 2.53. The third kappa shape index (κ3) is 6.09. The summed E-state index contributed by atoms with van der Waals surface area (Å²) in [5.74, 6) is -4.43. The van der Waals surface area contributed by atoms with Gasteiger partial charge in [0.1, 0.15) is 29.0 Å². The molecule has 0 aromatic heterocycles. The van der Waals surface area contributed by atoms with E-state index in [0.29, 0.717) is 13.2 Å². The van der Waals surface area contributed by atoms with Gasteiger partial charge >= 0.3 is 0 Å². The van der Waals surface area contributed by atoms with Gasteiger partial charge < -0.3 is 49.1 Å². The first-order valence-electron chi connectivity index (χ1n) is 18.4. The number of rotatable bonds is 9. The van der Waals surface area contributed by atoms with Crippen LogP contribution in [0.15, 0.2) is 18.2 Å². The second-order valence-corrected chi connectivity index (χ2v) is 15.8. The number of nitrogens with zero attached hydrogens (tertiary/aromatic N) is 2. The number of carbonyl (C=O) groups is 5. The van der Waals surface area contributed by atoms with Gasteiger partial charge in [-0.2, -0.15) is 11.8 Å². The molecule has 3 amide bonds. The normalized spacial score (nSPS) is 32.4. The smallest absolute Gasteiger partial charge is 0.252 e. The predicted octanol–water partition coefficient (Wildman–Crippen LogP) is 0.757. The summed E-state index contributed by atoms with van der Waals surface area (Å²) in [6.45, 7) is 2.46. The average Bonchev–Trinajstić information content (AvgIpc) is 3.70. The maximum atomic E-state index is 14.1. The zero-order chi connectivity index (χ0) is 39.8. The standard InChI is InChI=1S/C38H43N3O14S/c1-16-33-19(40-10-11-52-36(51-3)35(40)55-33)12-24(53-16)54-21-15-38(49,37(48)39-8-9-41-23(42)13-22(56-4)34(41)47)14-18-26(21)32(46)28-27(30(18)44)29(43)17-6-5-7-20(50-2)25(17)31(28)45/h5-7,16,19,21-22,24,33,35-36,44,46,49H,8-15H2,1-4H3,(H,39,48)/t16?,19-,21-,22?,24-,33+,35+,36-,38-/m0/s1. The Morgan fingerprint density at radius 1 is 1.07 bits per heavy atom. The number of amides is 3. The summed E-state index contributed by atoms with van der Waals surface area (Å²) in [6, 6.07) is 4.21. The molecule has 8 rings (SSSR count). The summed E-state index contributed by atoms with van der Waals surface area (Å²) in [7, 11) is 2.87. The van der Waals surface area contributed by atoms with Crippen LogP contribution in [0.2, 0.25) is 0 Å². The van der Waals surface area contributed by atoms with Crippen LogP contribution in [0, 0.1) is 0 Å². The highest BCUT2D eigenvalue weighted by Gasteiger charge is 2.55. The highest BCUT2D eigenvalue weighted by molar-refractivity contribution is 8.00. The number of imide groups is 1. The van der Waals surface area contributed by atoms with Gasteiger partial charge in [-0.1, -0.05) is 12.1 Å². The van der Waals surface area contributed by atoms with Crippen molar-refractivity contribution in [2.75, 3.05) is 46.7 Å². The van der Waals surface area contributed by atoms with E-state index >= 15 is 0 Å². The van der Waals surface area contributed by atoms with Crippen molar-refractivity contribution in [3.8, 4) is 17.2 Å². The molecule has 2 aromatic rings. The van der Waals surface area contributed by atoms with E-state index in [0.717, 1.165) is 4.90 Å². The number of phenols is 2.